The number of nitrogens with zero attached hydrogens (tertiary/aromatic N) is 1. The summed E-state index contributed by atoms with van der Waals surface area (Å²) < 4.78 is 0. The molecule has 1 aromatic rings. The highest BCUT2D eigenvalue weighted by Gasteiger charge is 2.29. The van der Waals surface area contributed by atoms with Crippen molar-refractivity contribution in [1.29, 1.82) is 0 Å². The van der Waals surface area contributed by atoms with Crippen LogP contribution < -0.4 is 5.73 Å². The number of piperidine rings is 1. The summed E-state index contributed by atoms with van der Waals surface area (Å²) in [6, 6.07) is 8.09. The Morgan fingerprint density at radius 2 is 2.06 bits per heavy atom. The maximum absolute atomic E-state index is 6.46. The third kappa shape index (κ3) is 3.70. The van der Waals surface area contributed by atoms with E-state index >= 15 is 0 Å². The number of aryl methyl sites for hydroxylation is 1. The fourth-order valence-electron chi connectivity index (χ4n) is 2.65. The van der Waals surface area contributed by atoms with E-state index in [4.69, 9.17) is 17.3 Å². The molecule has 0 radical (unpaired) electrons. The Kier molecular flexibility index (Phi) is 4.08. The van der Waals surface area contributed by atoms with Crippen molar-refractivity contribution in [3.63, 3.8) is 0 Å². The summed E-state index contributed by atoms with van der Waals surface area (Å²) in [5.74, 6) is 0. The molecule has 2 N–H and O–H groups in total. The molecule has 17 heavy (non-hydrogen) atoms. The van der Waals surface area contributed by atoms with E-state index in [-0.39, 0.29) is 5.54 Å². The molecule has 2 rings (SSSR count). The zero-order chi connectivity index (χ0) is 12.3. The van der Waals surface area contributed by atoms with E-state index in [9.17, 15) is 0 Å². The quantitative estimate of drug-likeness (QED) is 0.896. The molecule has 1 atom stereocenters. The average molecular weight is 253 g/mol. The van der Waals surface area contributed by atoms with Crippen LogP contribution >= 0.6 is 11.6 Å². The van der Waals surface area contributed by atoms with E-state index in [1.54, 1.807) is 0 Å². The Balaban J connectivity index is 1.90. The van der Waals surface area contributed by atoms with Gasteiger partial charge in [-0.05, 0) is 57.0 Å². The van der Waals surface area contributed by atoms with Gasteiger partial charge in [0.1, 0.15) is 0 Å². The Bertz CT molecular complexity index is 363. The molecule has 1 saturated heterocycles. The Hall–Kier alpha value is -0.570. The van der Waals surface area contributed by atoms with Crippen LogP contribution in [0.25, 0.3) is 0 Å². The lowest BCUT2D eigenvalue weighted by Gasteiger charge is -2.38. The standard InChI is InChI=1S/C14H21ClN2/c1-17-10-2-8-14(16,11-17)9-7-12-3-5-13(15)6-4-12/h3-6H,2,7-11,16H2,1H3. The smallest absolute Gasteiger partial charge is 0.0406 e. The minimum Gasteiger partial charge on any atom is -0.324 e. The average Bonchev–Trinajstić information content (AvgIpc) is 2.28. The normalized spacial score (nSPS) is 26.1. The molecule has 94 valence electrons. The number of halogens is 1. The number of benzene rings is 1. The molecule has 0 bridgehead atoms. The molecule has 0 aliphatic carbocycles. The SMILES string of the molecule is CN1CCCC(N)(CCc2ccc(Cl)cc2)C1. The molecule has 0 spiro atoms. The predicted octanol–water partition coefficient (Wildman–Crippen LogP) is 2.70. The van der Waals surface area contributed by atoms with Gasteiger partial charge >= 0.3 is 0 Å². The number of hydrogen-bond acceptors (Lipinski definition) is 2. The van der Waals surface area contributed by atoms with Gasteiger partial charge in [0.05, 0.1) is 0 Å². The van der Waals surface area contributed by atoms with Crippen molar-refractivity contribution in [2.45, 2.75) is 31.2 Å². The summed E-state index contributed by atoms with van der Waals surface area (Å²) in [6.45, 7) is 2.19. The van der Waals surface area contributed by atoms with Crippen molar-refractivity contribution in [3.8, 4) is 0 Å². The van der Waals surface area contributed by atoms with Gasteiger partial charge in [-0.25, -0.2) is 0 Å². The third-order valence-electron chi connectivity index (χ3n) is 3.62. The lowest BCUT2D eigenvalue weighted by molar-refractivity contribution is 0.170. The highest BCUT2D eigenvalue weighted by atomic mass is 35.5. The molecule has 1 aromatic carbocycles. The first-order valence-corrected chi connectivity index (χ1v) is 6.67. The van der Waals surface area contributed by atoms with Crippen LogP contribution in [0, 0.1) is 0 Å². The molecule has 1 fully saturated rings. The van der Waals surface area contributed by atoms with Crippen molar-refractivity contribution in [2.75, 3.05) is 20.1 Å². The van der Waals surface area contributed by atoms with Crippen molar-refractivity contribution >= 4 is 11.6 Å². The van der Waals surface area contributed by atoms with Crippen LogP contribution in [0.15, 0.2) is 24.3 Å². The first kappa shape index (κ1) is 12.9. The van der Waals surface area contributed by atoms with E-state index < -0.39 is 0 Å². The van der Waals surface area contributed by atoms with Gasteiger partial charge in [0.25, 0.3) is 0 Å². The molecule has 0 amide bonds. The Morgan fingerprint density at radius 1 is 1.35 bits per heavy atom. The fraction of sp³-hybridized carbons (Fsp3) is 0.571. The van der Waals surface area contributed by atoms with E-state index in [0.717, 1.165) is 30.8 Å². The van der Waals surface area contributed by atoms with Gasteiger partial charge < -0.3 is 10.6 Å². The molecule has 0 saturated carbocycles. The fourth-order valence-corrected chi connectivity index (χ4v) is 2.77. The predicted molar refractivity (Wildman–Crippen MR) is 73.4 cm³/mol. The maximum atomic E-state index is 6.46. The number of nitrogens with two attached hydrogens (primary N) is 1. The number of rotatable bonds is 3. The second-order valence-corrected chi connectivity index (χ2v) is 5.77. The van der Waals surface area contributed by atoms with Gasteiger partial charge in [-0.3, -0.25) is 0 Å². The van der Waals surface area contributed by atoms with Gasteiger partial charge in [-0.1, -0.05) is 23.7 Å². The second-order valence-electron chi connectivity index (χ2n) is 5.33. The van der Waals surface area contributed by atoms with Crippen LogP contribution in [0.4, 0.5) is 0 Å². The molecular formula is C14H21ClN2. The van der Waals surface area contributed by atoms with E-state index in [0.29, 0.717) is 0 Å². The van der Waals surface area contributed by atoms with Crippen LogP contribution in [-0.4, -0.2) is 30.6 Å². The van der Waals surface area contributed by atoms with Crippen molar-refractivity contribution < 1.29 is 0 Å². The van der Waals surface area contributed by atoms with Crippen LogP contribution in [0.1, 0.15) is 24.8 Å². The minimum atomic E-state index is -0.00731. The van der Waals surface area contributed by atoms with Crippen molar-refractivity contribution in [1.82, 2.24) is 4.90 Å². The van der Waals surface area contributed by atoms with Crippen LogP contribution in [-0.2, 0) is 6.42 Å². The highest BCUT2D eigenvalue weighted by Crippen LogP contribution is 2.23. The van der Waals surface area contributed by atoms with Gasteiger partial charge in [0, 0.05) is 17.1 Å². The van der Waals surface area contributed by atoms with Gasteiger partial charge in [-0.15, -0.1) is 0 Å². The highest BCUT2D eigenvalue weighted by molar-refractivity contribution is 6.30. The zero-order valence-electron chi connectivity index (χ0n) is 10.5. The number of likely N-dealkylation sites (tertiary alicyclic amines) is 1. The van der Waals surface area contributed by atoms with Gasteiger partial charge in [0.15, 0.2) is 0 Å². The summed E-state index contributed by atoms with van der Waals surface area (Å²) in [7, 11) is 2.16. The molecule has 1 unspecified atom stereocenters. The summed E-state index contributed by atoms with van der Waals surface area (Å²) in [6.07, 6.45) is 4.46. The van der Waals surface area contributed by atoms with E-state index in [1.807, 2.05) is 12.1 Å². The lowest BCUT2D eigenvalue weighted by atomic mass is 9.85. The molecule has 1 aliphatic rings. The third-order valence-corrected chi connectivity index (χ3v) is 3.88. The van der Waals surface area contributed by atoms with Crippen molar-refractivity contribution in [2.24, 2.45) is 5.73 Å². The van der Waals surface area contributed by atoms with Crippen molar-refractivity contribution in [3.05, 3.63) is 34.9 Å². The van der Waals surface area contributed by atoms with E-state index in [2.05, 4.69) is 24.1 Å². The van der Waals surface area contributed by atoms with Gasteiger partial charge in [-0.2, -0.15) is 0 Å². The molecule has 1 heterocycles. The maximum Gasteiger partial charge on any atom is 0.0406 e. The Labute approximate surface area is 109 Å². The zero-order valence-corrected chi connectivity index (χ0v) is 11.2. The molecule has 0 aromatic heterocycles. The minimum absolute atomic E-state index is 0.00731. The van der Waals surface area contributed by atoms with Crippen LogP contribution in [0.2, 0.25) is 5.02 Å². The van der Waals surface area contributed by atoms with Crippen LogP contribution in [0.5, 0.6) is 0 Å². The summed E-state index contributed by atoms with van der Waals surface area (Å²) in [5, 5.41) is 0.800. The lowest BCUT2D eigenvalue weighted by Crippen LogP contribution is -2.53. The number of hydrogen-bond donors (Lipinski definition) is 1. The van der Waals surface area contributed by atoms with E-state index in [1.165, 1.54) is 18.5 Å². The summed E-state index contributed by atoms with van der Waals surface area (Å²) >= 11 is 5.88. The monoisotopic (exact) mass is 252 g/mol. The topological polar surface area (TPSA) is 29.3 Å². The molecule has 1 aliphatic heterocycles. The van der Waals surface area contributed by atoms with Gasteiger partial charge in [0.2, 0.25) is 0 Å². The first-order valence-electron chi connectivity index (χ1n) is 6.29. The summed E-state index contributed by atoms with van der Waals surface area (Å²) in [5.41, 5.74) is 7.78. The molecule has 3 heteroatoms. The number of likely N-dealkylation sites (N-methyl/N-ethyl adjacent to an activating group) is 1. The Morgan fingerprint density at radius 3 is 2.71 bits per heavy atom. The largest absolute Gasteiger partial charge is 0.324 e. The molecule has 2 nitrogen and oxygen atoms in total. The first-order chi connectivity index (χ1) is 8.07. The summed E-state index contributed by atoms with van der Waals surface area (Å²) in [4.78, 5) is 2.34. The van der Waals surface area contributed by atoms with Crippen LogP contribution in [0.3, 0.4) is 0 Å². The second kappa shape index (κ2) is 5.38. The molecular weight excluding hydrogens is 232 g/mol.